The third-order valence-corrected chi connectivity index (χ3v) is 5.36. The summed E-state index contributed by atoms with van der Waals surface area (Å²) in [7, 11) is 0. The molecule has 0 spiro atoms. The van der Waals surface area contributed by atoms with Crippen LogP contribution >= 0.6 is 11.6 Å². The summed E-state index contributed by atoms with van der Waals surface area (Å²) in [5, 5.41) is 8.02. The first-order valence-electron chi connectivity index (χ1n) is 8.58. The maximum absolute atomic E-state index is 12.7. The number of likely N-dealkylation sites (tertiary alicyclic amines) is 1. The molecule has 2 aromatic rings. The summed E-state index contributed by atoms with van der Waals surface area (Å²) in [5.74, 6) is 3.50. The second-order valence-electron chi connectivity index (χ2n) is 7.28. The highest BCUT2D eigenvalue weighted by atomic mass is 35.5. The number of carbonyl (C=O) groups is 1. The average molecular weight is 348 g/mol. The van der Waals surface area contributed by atoms with Gasteiger partial charge in [0.15, 0.2) is 5.82 Å². The number of hydrogen-bond donors (Lipinski definition) is 2. The van der Waals surface area contributed by atoms with Gasteiger partial charge in [0.1, 0.15) is 11.5 Å². The predicted molar refractivity (Wildman–Crippen MR) is 91.1 cm³/mol. The predicted octanol–water partition coefficient (Wildman–Crippen LogP) is 3.18. The van der Waals surface area contributed by atoms with Crippen LogP contribution in [0.2, 0.25) is 5.02 Å². The molecule has 1 aliphatic carbocycles. The summed E-state index contributed by atoms with van der Waals surface area (Å²) in [6.07, 6.45) is 4.15. The molecule has 2 aromatic heterocycles. The SMILES string of the molecule is CC(C)c1n[nH]c([C@H]2CN(C(=O)c3cc(Cl)c[nH]3)C[C@@H]2C2CC2)n1. The van der Waals surface area contributed by atoms with Crippen molar-refractivity contribution in [1.29, 1.82) is 0 Å². The lowest BCUT2D eigenvalue weighted by Crippen LogP contribution is -2.29. The lowest BCUT2D eigenvalue weighted by molar-refractivity contribution is 0.0779. The Morgan fingerprint density at radius 2 is 2.17 bits per heavy atom. The van der Waals surface area contributed by atoms with Gasteiger partial charge in [-0.2, -0.15) is 5.10 Å². The van der Waals surface area contributed by atoms with E-state index >= 15 is 0 Å². The van der Waals surface area contributed by atoms with E-state index in [0.29, 0.717) is 35.0 Å². The third kappa shape index (κ3) is 2.83. The van der Waals surface area contributed by atoms with Crippen LogP contribution in [0.1, 0.15) is 60.7 Å². The van der Waals surface area contributed by atoms with Gasteiger partial charge in [-0.1, -0.05) is 25.4 Å². The first kappa shape index (κ1) is 15.7. The first-order chi connectivity index (χ1) is 11.5. The number of aromatic nitrogens is 4. The Bertz CT molecular complexity index is 748. The van der Waals surface area contributed by atoms with E-state index in [0.717, 1.165) is 18.2 Å². The second kappa shape index (κ2) is 5.92. The summed E-state index contributed by atoms with van der Waals surface area (Å²) in [5.41, 5.74) is 0.552. The largest absolute Gasteiger partial charge is 0.356 e. The molecule has 2 N–H and O–H groups in total. The van der Waals surface area contributed by atoms with Crippen molar-refractivity contribution >= 4 is 17.5 Å². The van der Waals surface area contributed by atoms with Crippen LogP contribution in [0.25, 0.3) is 0 Å². The Hall–Kier alpha value is -1.82. The maximum Gasteiger partial charge on any atom is 0.270 e. The smallest absolute Gasteiger partial charge is 0.270 e. The van der Waals surface area contributed by atoms with Gasteiger partial charge in [0.05, 0.1) is 5.02 Å². The molecule has 24 heavy (non-hydrogen) atoms. The molecular weight excluding hydrogens is 326 g/mol. The van der Waals surface area contributed by atoms with Gasteiger partial charge in [-0.15, -0.1) is 0 Å². The molecule has 6 nitrogen and oxygen atoms in total. The van der Waals surface area contributed by atoms with E-state index < -0.39 is 0 Å². The van der Waals surface area contributed by atoms with Gasteiger partial charge in [-0.3, -0.25) is 9.89 Å². The van der Waals surface area contributed by atoms with Crippen molar-refractivity contribution in [3.8, 4) is 0 Å². The Labute approximate surface area is 146 Å². The molecule has 4 rings (SSSR count). The van der Waals surface area contributed by atoms with Gasteiger partial charge in [0, 0.05) is 31.1 Å². The molecular formula is C17H22ClN5O. The summed E-state index contributed by atoms with van der Waals surface area (Å²) >= 11 is 5.93. The number of hydrogen-bond acceptors (Lipinski definition) is 3. The number of amides is 1. The third-order valence-electron chi connectivity index (χ3n) is 5.15. The normalized spacial score (nSPS) is 24.1. The van der Waals surface area contributed by atoms with Gasteiger partial charge in [0.25, 0.3) is 5.91 Å². The minimum Gasteiger partial charge on any atom is -0.356 e. The number of rotatable bonds is 4. The Morgan fingerprint density at radius 1 is 1.38 bits per heavy atom. The number of halogens is 1. The lowest BCUT2D eigenvalue weighted by Gasteiger charge is -2.15. The van der Waals surface area contributed by atoms with E-state index in [9.17, 15) is 4.79 Å². The minimum absolute atomic E-state index is 0.0126. The summed E-state index contributed by atoms with van der Waals surface area (Å²) in [4.78, 5) is 22.3. The molecule has 128 valence electrons. The molecule has 0 bridgehead atoms. The molecule has 1 saturated carbocycles. The minimum atomic E-state index is 0.0126. The van der Waals surface area contributed by atoms with E-state index in [2.05, 4.69) is 34.0 Å². The lowest BCUT2D eigenvalue weighted by atomic mass is 9.91. The van der Waals surface area contributed by atoms with E-state index in [1.54, 1.807) is 12.3 Å². The zero-order chi connectivity index (χ0) is 16.8. The van der Waals surface area contributed by atoms with Crippen molar-refractivity contribution in [2.45, 2.75) is 38.5 Å². The van der Waals surface area contributed by atoms with Crippen LogP contribution in [0, 0.1) is 11.8 Å². The van der Waals surface area contributed by atoms with Crippen LogP contribution in [0.3, 0.4) is 0 Å². The molecule has 2 fully saturated rings. The molecule has 1 saturated heterocycles. The van der Waals surface area contributed by atoms with E-state index in [-0.39, 0.29) is 11.8 Å². The first-order valence-corrected chi connectivity index (χ1v) is 8.96. The zero-order valence-corrected chi connectivity index (χ0v) is 14.7. The van der Waals surface area contributed by atoms with E-state index in [1.165, 1.54) is 12.8 Å². The molecule has 7 heteroatoms. The van der Waals surface area contributed by atoms with Crippen LogP contribution in [0.4, 0.5) is 0 Å². The quantitative estimate of drug-likeness (QED) is 0.891. The van der Waals surface area contributed by atoms with Crippen LogP contribution < -0.4 is 0 Å². The van der Waals surface area contributed by atoms with Gasteiger partial charge in [-0.25, -0.2) is 4.98 Å². The molecule has 0 radical (unpaired) electrons. The highest BCUT2D eigenvalue weighted by Gasteiger charge is 2.45. The number of aromatic amines is 2. The van der Waals surface area contributed by atoms with Crippen LogP contribution in [-0.4, -0.2) is 44.1 Å². The number of nitrogens with one attached hydrogen (secondary N) is 2. The second-order valence-corrected chi connectivity index (χ2v) is 7.72. The fraction of sp³-hybridized carbons (Fsp3) is 0.588. The van der Waals surface area contributed by atoms with Crippen molar-refractivity contribution in [2.75, 3.05) is 13.1 Å². The Balaban J connectivity index is 1.56. The van der Waals surface area contributed by atoms with Crippen molar-refractivity contribution in [3.63, 3.8) is 0 Å². The summed E-state index contributed by atoms with van der Waals surface area (Å²) in [6.45, 7) is 5.64. The zero-order valence-electron chi connectivity index (χ0n) is 13.9. The number of H-pyrrole nitrogens is 2. The van der Waals surface area contributed by atoms with Crippen molar-refractivity contribution < 1.29 is 4.79 Å². The van der Waals surface area contributed by atoms with Gasteiger partial charge in [-0.05, 0) is 30.7 Å². The van der Waals surface area contributed by atoms with Crippen molar-refractivity contribution in [3.05, 3.63) is 34.6 Å². The Morgan fingerprint density at radius 3 is 2.75 bits per heavy atom. The topological polar surface area (TPSA) is 77.7 Å². The average Bonchev–Trinajstić information content (AvgIpc) is 2.99. The maximum atomic E-state index is 12.7. The number of carbonyl (C=O) groups excluding carboxylic acids is 1. The van der Waals surface area contributed by atoms with Crippen LogP contribution in [-0.2, 0) is 0 Å². The van der Waals surface area contributed by atoms with Gasteiger partial charge in [0.2, 0.25) is 0 Å². The highest BCUT2D eigenvalue weighted by Crippen LogP contribution is 2.47. The standard InChI is InChI=1S/C17H22ClN5O/c1-9(2)15-20-16(22-21-15)13-8-23(7-12(13)10-3-4-10)17(24)14-5-11(18)6-19-14/h5-6,9-10,12-13,19H,3-4,7-8H2,1-2H3,(H,20,21,22)/t12-,13+/m1/s1. The fourth-order valence-electron chi connectivity index (χ4n) is 3.66. The van der Waals surface area contributed by atoms with Crippen molar-refractivity contribution in [2.24, 2.45) is 11.8 Å². The molecule has 1 amide bonds. The van der Waals surface area contributed by atoms with E-state index in [1.807, 2.05) is 4.90 Å². The highest BCUT2D eigenvalue weighted by molar-refractivity contribution is 6.30. The number of nitrogens with zero attached hydrogens (tertiary/aromatic N) is 3. The van der Waals surface area contributed by atoms with E-state index in [4.69, 9.17) is 11.6 Å². The molecule has 2 atom stereocenters. The molecule has 2 aliphatic rings. The molecule has 0 aromatic carbocycles. The molecule has 3 heterocycles. The summed E-state index contributed by atoms with van der Waals surface area (Å²) < 4.78 is 0. The van der Waals surface area contributed by atoms with Crippen molar-refractivity contribution in [1.82, 2.24) is 25.1 Å². The molecule has 0 unspecified atom stereocenters. The Kier molecular flexibility index (Phi) is 3.87. The molecule has 1 aliphatic heterocycles. The van der Waals surface area contributed by atoms with Gasteiger partial charge < -0.3 is 9.88 Å². The summed E-state index contributed by atoms with van der Waals surface area (Å²) in [6, 6.07) is 1.69. The monoisotopic (exact) mass is 347 g/mol. The van der Waals surface area contributed by atoms with Gasteiger partial charge >= 0.3 is 0 Å². The fourth-order valence-corrected chi connectivity index (χ4v) is 3.82. The van der Waals surface area contributed by atoms with Crippen LogP contribution in [0.5, 0.6) is 0 Å². The van der Waals surface area contributed by atoms with Crippen LogP contribution in [0.15, 0.2) is 12.3 Å².